The van der Waals surface area contributed by atoms with Gasteiger partial charge in [0.15, 0.2) is 0 Å². The fourth-order valence-corrected chi connectivity index (χ4v) is 4.22. The van der Waals surface area contributed by atoms with Crippen LogP contribution in [0.2, 0.25) is 0 Å². The van der Waals surface area contributed by atoms with Crippen molar-refractivity contribution in [3.63, 3.8) is 0 Å². The molecule has 0 saturated carbocycles. The number of nitrogens with one attached hydrogen (secondary N) is 1. The smallest absolute Gasteiger partial charge is 0.276 e. The van der Waals surface area contributed by atoms with E-state index in [2.05, 4.69) is 38.7 Å². The van der Waals surface area contributed by atoms with Gasteiger partial charge in [0, 0.05) is 37.7 Å². The Morgan fingerprint density at radius 1 is 1.28 bits per heavy atom. The van der Waals surface area contributed by atoms with E-state index in [1.165, 1.54) is 0 Å². The summed E-state index contributed by atoms with van der Waals surface area (Å²) in [6, 6.07) is 5.43. The topological polar surface area (TPSA) is 85.0 Å². The summed E-state index contributed by atoms with van der Waals surface area (Å²) >= 11 is 0. The maximum atomic E-state index is 13.0. The molecule has 1 aliphatic rings. The van der Waals surface area contributed by atoms with Crippen LogP contribution in [-0.2, 0) is 13.1 Å². The monoisotopic (exact) mass is 394 g/mol. The predicted molar refractivity (Wildman–Crippen MR) is 113 cm³/mol. The fourth-order valence-electron chi connectivity index (χ4n) is 4.22. The highest BCUT2D eigenvalue weighted by Crippen LogP contribution is 2.37. The second-order valence-electron chi connectivity index (χ2n) is 8.51. The first kappa shape index (κ1) is 19.2. The average molecular weight is 394 g/mol. The first-order valence-corrected chi connectivity index (χ1v) is 9.79. The number of anilines is 2. The number of rotatable bonds is 4. The Bertz CT molecular complexity index is 1120. The minimum absolute atomic E-state index is 0.0516. The molecule has 4 rings (SSSR count). The van der Waals surface area contributed by atoms with E-state index >= 15 is 0 Å². The molecule has 29 heavy (non-hydrogen) atoms. The van der Waals surface area contributed by atoms with Crippen molar-refractivity contribution in [3.05, 3.63) is 35.2 Å². The van der Waals surface area contributed by atoms with Crippen molar-refractivity contribution in [1.82, 2.24) is 19.3 Å². The molecule has 2 aromatic heterocycles. The number of aryl methyl sites for hydroxylation is 2. The second-order valence-corrected chi connectivity index (χ2v) is 8.51. The number of carbonyl (C=O) groups is 2. The van der Waals surface area contributed by atoms with Gasteiger partial charge in [-0.25, -0.2) is 4.98 Å². The zero-order chi connectivity index (χ0) is 20.9. The van der Waals surface area contributed by atoms with Gasteiger partial charge in [-0.2, -0.15) is 5.10 Å². The van der Waals surface area contributed by atoms with Gasteiger partial charge in [-0.3, -0.25) is 19.6 Å². The number of aromatic nitrogens is 4. The first-order valence-electron chi connectivity index (χ1n) is 9.79. The molecule has 0 bridgehead atoms. The summed E-state index contributed by atoms with van der Waals surface area (Å²) in [5, 5.41) is 7.34. The highest BCUT2D eigenvalue weighted by molar-refractivity contribution is 6.04. The van der Waals surface area contributed by atoms with Gasteiger partial charge >= 0.3 is 0 Å². The molecule has 1 amide bonds. The Morgan fingerprint density at radius 2 is 2.03 bits per heavy atom. The number of nitrogens with zero attached hydrogens (tertiary/aromatic N) is 5. The largest absolute Gasteiger partial charge is 0.372 e. The standard InChI is InChI=1S/C21H26N6O2/c1-6-27-17(7-13(2)24-27)19(29)23-20-22-15-8-14(10-28)9-16-18(15)26(20)12-21(3,4)11-25(16)5/h7-10H,6,11-12H2,1-5H3,(H,22,23,29). The Morgan fingerprint density at radius 3 is 2.72 bits per heavy atom. The maximum Gasteiger partial charge on any atom is 0.276 e. The minimum atomic E-state index is -0.244. The van der Waals surface area contributed by atoms with Crippen LogP contribution in [-0.4, -0.2) is 45.1 Å². The minimum Gasteiger partial charge on any atom is -0.372 e. The molecular weight excluding hydrogens is 368 g/mol. The van der Waals surface area contributed by atoms with Crippen LogP contribution < -0.4 is 10.2 Å². The zero-order valence-electron chi connectivity index (χ0n) is 17.5. The van der Waals surface area contributed by atoms with Crippen molar-refractivity contribution in [1.29, 1.82) is 0 Å². The number of hydrogen-bond donors (Lipinski definition) is 1. The molecule has 152 valence electrons. The highest BCUT2D eigenvalue weighted by Gasteiger charge is 2.30. The number of hydrogen-bond acceptors (Lipinski definition) is 5. The number of imidazole rings is 1. The van der Waals surface area contributed by atoms with Crippen molar-refractivity contribution in [2.45, 2.75) is 40.8 Å². The Hall–Kier alpha value is -3.16. The molecule has 0 radical (unpaired) electrons. The van der Waals surface area contributed by atoms with Gasteiger partial charge in [0.1, 0.15) is 12.0 Å². The molecule has 0 saturated heterocycles. The van der Waals surface area contributed by atoms with Crippen molar-refractivity contribution < 1.29 is 9.59 Å². The molecule has 8 nitrogen and oxygen atoms in total. The Labute approximate surface area is 169 Å². The van der Waals surface area contributed by atoms with Gasteiger partial charge in [-0.15, -0.1) is 0 Å². The van der Waals surface area contributed by atoms with Crippen LogP contribution in [0.15, 0.2) is 18.2 Å². The SMILES string of the molecule is CCn1nc(C)cc1C(=O)Nc1nc2cc(C=O)cc3c2n1CC(C)(C)CN3C. The van der Waals surface area contributed by atoms with Gasteiger partial charge in [0.05, 0.1) is 22.4 Å². The zero-order valence-corrected chi connectivity index (χ0v) is 17.5. The number of benzene rings is 1. The molecule has 0 atom stereocenters. The predicted octanol–water partition coefficient (Wildman–Crippen LogP) is 3.10. The van der Waals surface area contributed by atoms with Crippen molar-refractivity contribution >= 4 is 34.9 Å². The molecule has 0 spiro atoms. The highest BCUT2D eigenvalue weighted by atomic mass is 16.2. The summed E-state index contributed by atoms with van der Waals surface area (Å²) in [5.74, 6) is 0.241. The Kier molecular flexibility index (Phi) is 4.44. The molecule has 1 N–H and O–H groups in total. The van der Waals surface area contributed by atoms with Crippen molar-refractivity contribution in [2.75, 3.05) is 23.8 Å². The van der Waals surface area contributed by atoms with E-state index in [1.807, 2.05) is 27.0 Å². The van der Waals surface area contributed by atoms with Crippen LogP contribution in [0, 0.1) is 12.3 Å². The Balaban J connectivity index is 1.85. The van der Waals surface area contributed by atoms with Crippen LogP contribution in [0.4, 0.5) is 11.6 Å². The van der Waals surface area contributed by atoms with Crippen LogP contribution in [0.3, 0.4) is 0 Å². The fraction of sp³-hybridized carbons (Fsp3) is 0.429. The molecule has 0 fully saturated rings. The number of amides is 1. The summed E-state index contributed by atoms with van der Waals surface area (Å²) in [6.45, 7) is 10.3. The molecule has 1 aliphatic heterocycles. The summed E-state index contributed by atoms with van der Waals surface area (Å²) in [6.07, 6.45) is 0.833. The third-order valence-corrected chi connectivity index (χ3v) is 5.30. The first-order chi connectivity index (χ1) is 13.7. The maximum absolute atomic E-state index is 13.0. The molecule has 3 heterocycles. The second kappa shape index (κ2) is 6.72. The van der Waals surface area contributed by atoms with Crippen LogP contribution in [0.1, 0.15) is 47.3 Å². The lowest BCUT2D eigenvalue weighted by Crippen LogP contribution is -2.32. The molecular formula is C21H26N6O2. The van der Waals surface area contributed by atoms with Crippen LogP contribution in [0.5, 0.6) is 0 Å². The van der Waals surface area contributed by atoms with Crippen molar-refractivity contribution in [2.24, 2.45) is 5.41 Å². The van der Waals surface area contributed by atoms with E-state index in [4.69, 9.17) is 0 Å². The van der Waals surface area contributed by atoms with Crippen LogP contribution >= 0.6 is 0 Å². The average Bonchev–Trinajstić information content (AvgIpc) is 3.17. The quantitative estimate of drug-likeness (QED) is 0.688. The van der Waals surface area contributed by atoms with E-state index in [1.54, 1.807) is 16.8 Å². The summed E-state index contributed by atoms with van der Waals surface area (Å²) < 4.78 is 3.74. The molecule has 0 aliphatic carbocycles. The van der Waals surface area contributed by atoms with Gasteiger partial charge in [-0.1, -0.05) is 13.8 Å². The van der Waals surface area contributed by atoms with E-state index < -0.39 is 0 Å². The normalized spacial score (nSPS) is 15.4. The third-order valence-electron chi connectivity index (χ3n) is 5.30. The van der Waals surface area contributed by atoms with Gasteiger partial charge < -0.3 is 9.47 Å². The molecule has 3 aromatic rings. The van der Waals surface area contributed by atoms with E-state index in [0.29, 0.717) is 35.8 Å². The summed E-state index contributed by atoms with van der Waals surface area (Å²) in [7, 11) is 2.02. The number of carbonyl (C=O) groups excluding carboxylic acids is 2. The number of aldehydes is 1. The van der Waals surface area contributed by atoms with E-state index in [0.717, 1.165) is 29.7 Å². The lowest BCUT2D eigenvalue weighted by Gasteiger charge is -2.28. The van der Waals surface area contributed by atoms with E-state index in [-0.39, 0.29) is 11.3 Å². The third kappa shape index (κ3) is 3.28. The van der Waals surface area contributed by atoms with Gasteiger partial charge in [-0.05, 0) is 32.0 Å². The van der Waals surface area contributed by atoms with Gasteiger partial charge in [0.2, 0.25) is 5.95 Å². The van der Waals surface area contributed by atoms with Crippen molar-refractivity contribution in [3.8, 4) is 0 Å². The van der Waals surface area contributed by atoms with E-state index in [9.17, 15) is 9.59 Å². The molecule has 8 heteroatoms. The molecule has 0 unspecified atom stereocenters. The lowest BCUT2D eigenvalue weighted by atomic mass is 9.93. The summed E-state index contributed by atoms with van der Waals surface area (Å²) in [4.78, 5) is 31.3. The van der Waals surface area contributed by atoms with Gasteiger partial charge in [0.25, 0.3) is 5.91 Å². The summed E-state index contributed by atoms with van der Waals surface area (Å²) in [5.41, 5.74) is 4.39. The molecule has 1 aromatic carbocycles. The lowest BCUT2D eigenvalue weighted by molar-refractivity contribution is 0.101. The van der Waals surface area contributed by atoms with Crippen LogP contribution in [0.25, 0.3) is 11.0 Å².